The van der Waals surface area contributed by atoms with Gasteiger partial charge < -0.3 is 10.1 Å². The van der Waals surface area contributed by atoms with Crippen LogP contribution < -0.4 is 5.32 Å². The van der Waals surface area contributed by atoms with Crippen LogP contribution in [0.3, 0.4) is 0 Å². The number of hydrogen-bond donors (Lipinski definition) is 2. The highest BCUT2D eigenvalue weighted by atomic mass is 32.2. The van der Waals surface area contributed by atoms with Crippen molar-refractivity contribution in [2.45, 2.75) is 50.4 Å². The average Bonchev–Trinajstić information content (AvgIpc) is 3.06. The predicted molar refractivity (Wildman–Crippen MR) is 72.9 cm³/mol. The molecule has 2 atom stereocenters. The molecule has 0 bridgehead atoms. The van der Waals surface area contributed by atoms with E-state index in [4.69, 9.17) is 4.74 Å². The number of carbonyl (C=O) groups is 1. The van der Waals surface area contributed by atoms with E-state index in [9.17, 15) is 4.79 Å². The Balaban J connectivity index is 1.78. The van der Waals surface area contributed by atoms with Crippen LogP contribution in [0, 0.1) is 0 Å². The quantitative estimate of drug-likeness (QED) is 0.777. The average molecular weight is 284 g/mol. The maximum atomic E-state index is 11.6. The molecule has 1 amide bonds. The molecule has 0 spiro atoms. The van der Waals surface area contributed by atoms with Gasteiger partial charge >= 0.3 is 0 Å². The molecule has 0 saturated carbocycles. The molecule has 0 aliphatic carbocycles. The lowest BCUT2D eigenvalue weighted by Crippen LogP contribution is -2.33. The van der Waals surface area contributed by atoms with Gasteiger partial charge in [0.25, 0.3) is 0 Å². The summed E-state index contributed by atoms with van der Waals surface area (Å²) in [6.07, 6.45) is 3.01. The lowest BCUT2D eigenvalue weighted by atomic mass is 10.2. The fourth-order valence-electron chi connectivity index (χ4n) is 1.81. The summed E-state index contributed by atoms with van der Waals surface area (Å²) in [5.41, 5.74) is 0. The van der Waals surface area contributed by atoms with E-state index in [-0.39, 0.29) is 18.1 Å². The zero-order valence-corrected chi connectivity index (χ0v) is 12.1. The van der Waals surface area contributed by atoms with Crippen molar-refractivity contribution in [3.05, 3.63) is 5.82 Å². The second-order valence-corrected chi connectivity index (χ2v) is 5.61. The molecular weight excluding hydrogens is 264 g/mol. The highest BCUT2D eigenvalue weighted by Gasteiger charge is 2.21. The minimum absolute atomic E-state index is 0.0165. The van der Waals surface area contributed by atoms with E-state index < -0.39 is 0 Å². The third-order valence-electron chi connectivity index (χ3n) is 3.07. The van der Waals surface area contributed by atoms with Gasteiger partial charge in [0.05, 0.1) is 5.75 Å². The molecule has 7 heteroatoms. The fraction of sp³-hybridized carbons (Fsp3) is 0.750. The molecule has 1 aliphatic rings. The summed E-state index contributed by atoms with van der Waals surface area (Å²) >= 11 is 1.34. The number of H-pyrrole nitrogens is 1. The van der Waals surface area contributed by atoms with Crippen molar-refractivity contribution in [1.82, 2.24) is 20.5 Å². The van der Waals surface area contributed by atoms with Crippen LogP contribution in [0.5, 0.6) is 0 Å². The summed E-state index contributed by atoms with van der Waals surface area (Å²) in [5.74, 6) is 1.12. The van der Waals surface area contributed by atoms with E-state index in [1.54, 1.807) is 0 Å². The van der Waals surface area contributed by atoms with Crippen LogP contribution in [-0.4, -0.2) is 39.5 Å². The molecule has 6 nitrogen and oxygen atoms in total. The molecule has 19 heavy (non-hydrogen) atoms. The standard InChI is InChI=1S/C12H20N4O2S/c1-3-8(2)13-10(17)7-19-12-14-11(15-16-12)9-5-4-6-18-9/h8-9H,3-7H2,1-2H3,(H,13,17)(H,14,15,16)/t8-,9-/m0/s1. The highest BCUT2D eigenvalue weighted by Crippen LogP contribution is 2.26. The molecule has 1 aromatic heterocycles. The fourth-order valence-corrected chi connectivity index (χ4v) is 2.43. The normalized spacial score (nSPS) is 20.4. The summed E-state index contributed by atoms with van der Waals surface area (Å²) in [7, 11) is 0. The minimum atomic E-state index is 0.0165. The maximum Gasteiger partial charge on any atom is 0.230 e. The number of hydrogen-bond acceptors (Lipinski definition) is 5. The molecule has 106 valence electrons. The Kier molecular flexibility index (Phi) is 5.21. The van der Waals surface area contributed by atoms with Crippen molar-refractivity contribution in [3.8, 4) is 0 Å². The molecule has 0 unspecified atom stereocenters. The van der Waals surface area contributed by atoms with Crippen molar-refractivity contribution in [3.63, 3.8) is 0 Å². The number of amides is 1. The molecule has 2 heterocycles. The van der Waals surface area contributed by atoms with Crippen molar-refractivity contribution in [2.75, 3.05) is 12.4 Å². The van der Waals surface area contributed by atoms with Gasteiger partial charge in [0.2, 0.25) is 11.1 Å². The first-order valence-corrected chi connectivity index (χ1v) is 7.63. The first-order chi connectivity index (χ1) is 9.19. The number of nitrogens with zero attached hydrogens (tertiary/aromatic N) is 2. The zero-order valence-electron chi connectivity index (χ0n) is 11.3. The first kappa shape index (κ1) is 14.3. The number of carbonyl (C=O) groups excluding carboxylic acids is 1. The van der Waals surface area contributed by atoms with Crippen LogP contribution in [-0.2, 0) is 9.53 Å². The molecule has 1 aromatic rings. The van der Waals surface area contributed by atoms with E-state index in [0.717, 1.165) is 31.7 Å². The molecule has 2 rings (SSSR count). The van der Waals surface area contributed by atoms with Crippen LogP contribution in [0.25, 0.3) is 0 Å². The summed E-state index contributed by atoms with van der Waals surface area (Å²) in [6, 6.07) is 0.211. The number of aromatic nitrogens is 3. The van der Waals surface area contributed by atoms with E-state index in [1.807, 2.05) is 13.8 Å². The summed E-state index contributed by atoms with van der Waals surface area (Å²) in [4.78, 5) is 16.0. The van der Waals surface area contributed by atoms with Crippen LogP contribution in [0.4, 0.5) is 0 Å². The Labute approximate surface area is 117 Å². The van der Waals surface area contributed by atoms with Gasteiger partial charge in [-0.25, -0.2) is 4.98 Å². The van der Waals surface area contributed by atoms with Gasteiger partial charge in [-0.15, -0.1) is 5.10 Å². The number of thioether (sulfide) groups is 1. The lowest BCUT2D eigenvalue weighted by Gasteiger charge is -2.09. The van der Waals surface area contributed by atoms with E-state index in [0.29, 0.717) is 10.9 Å². The van der Waals surface area contributed by atoms with Crippen molar-refractivity contribution < 1.29 is 9.53 Å². The predicted octanol–water partition coefficient (Wildman–Crippen LogP) is 1.66. The number of ether oxygens (including phenoxy) is 1. The van der Waals surface area contributed by atoms with Crippen molar-refractivity contribution >= 4 is 17.7 Å². The smallest absolute Gasteiger partial charge is 0.230 e. The molecule has 1 aliphatic heterocycles. The Hall–Kier alpha value is -1.08. The highest BCUT2D eigenvalue weighted by molar-refractivity contribution is 7.99. The molecule has 1 fully saturated rings. The number of nitrogens with one attached hydrogen (secondary N) is 2. The summed E-state index contributed by atoms with van der Waals surface area (Å²) in [6.45, 7) is 4.82. The Bertz CT molecular complexity index is 418. The van der Waals surface area contributed by atoms with Gasteiger partial charge in [-0.3, -0.25) is 9.89 Å². The van der Waals surface area contributed by atoms with Gasteiger partial charge in [0.15, 0.2) is 5.82 Å². The summed E-state index contributed by atoms with van der Waals surface area (Å²) in [5, 5.41) is 10.5. The third kappa shape index (κ3) is 4.21. The second kappa shape index (κ2) is 6.91. The second-order valence-electron chi connectivity index (χ2n) is 4.67. The zero-order chi connectivity index (χ0) is 13.7. The molecule has 1 saturated heterocycles. The Morgan fingerprint density at radius 2 is 2.53 bits per heavy atom. The monoisotopic (exact) mass is 284 g/mol. The third-order valence-corrected chi connectivity index (χ3v) is 3.92. The van der Waals surface area contributed by atoms with E-state index in [1.165, 1.54) is 11.8 Å². The Morgan fingerprint density at radius 3 is 3.21 bits per heavy atom. The summed E-state index contributed by atoms with van der Waals surface area (Å²) < 4.78 is 5.52. The molecule has 2 N–H and O–H groups in total. The van der Waals surface area contributed by atoms with E-state index >= 15 is 0 Å². The lowest BCUT2D eigenvalue weighted by molar-refractivity contribution is -0.119. The van der Waals surface area contributed by atoms with Crippen molar-refractivity contribution in [1.29, 1.82) is 0 Å². The van der Waals surface area contributed by atoms with Crippen LogP contribution in [0.15, 0.2) is 5.16 Å². The van der Waals surface area contributed by atoms with Gasteiger partial charge in [0, 0.05) is 12.6 Å². The van der Waals surface area contributed by atoms with Crippen molar-refractivity contribution in [2.24, 2.45) is 0 Å². The SMILES string of the molecule is CC[C@H](C)NC(=O)CSc1n[nH]c([C@@H]2CCCO2)n1. The van der Waals surface area contributed by atoms with Gasteiger partial charge in [0.1, 0.15) is 6.10 Å². The minimum Gasteiger partial charge on any atom is -0.370 e. The number of aromatic amines is 1. The number of rotatable bonds is 6. The maximum absolute atomic E-state index is 11.6. The van der Waals surface area contributed by atoms with Gasteiger partial charge in [-0.1, -0.05) is 18.7 Å². The van der Waals surface area contributed by atoms with Crippen LogP contribution in [0.2, 0.25) is 0 Å². The topological polar surface area (TPSA) is 79.9 Å². The molecule has 0 radical (unpaired) electrons. The van der Waals surface area contributed by atoms with Crippen LogP contribution >= 0.6 is 11.8 Å². The van der Waals surface area contributed by atoms with Gasteiger partial charge in [-0.05, 0) is 26.2 Å². The Morgan fingerprint density at radius 1 is 1.68 bits per heavy atom. The molecule has 0 aromatic carbocycles. The first-order valence-electron chi connectivity index (χ1n) is 6.65. The molecular formula is C12H20N4O2S. The van der Waals surface area contributed by atoms with Gasteiger partial charge in [-0.2, -0.15) is 0 Å². The van der Waals surface area contributed by atoms with Crippen LogP contribution in [0.1, 0.15) is 45.0 Å². The largest absolute Gasteiger partial charge is 0.370 e. The van der Waals surface area contributed by atoms with E-state index in [2.05, 4.69) is 20.5 Å².